The van der Waals surface area contributed by atoms with Gasteiger partial charge in [-0.25, -0.2) is 23.1 Å². The highest BCUT2D eigenvalue weighted by atomic mass is 32.2. The number of halogens is 3. The third-order valence-electron chi connectivity index (χ3n) is 7.09. The Bertz CT molecular complexity index is 1500. The lowest BCUT2D eigenvalue weighted by Crippen LogP contribution is -2.63. The summed E-state index contributed by atoms with van der Waals surface area (Å²) in [5, 5.41) is 14.7. The van der Waals surface area contributed by atoms with Crippen molar-refractivity contribution in [1.29, 1.82) is 0 Å². The molecule has 35 heavy (non-hydrogen) atoms. The first-order valence-corrected chi connectivity index (χ1v) is 13.1. The molecular formula is C24H25F3N4O3S. The number of alkyl halides is 2. The summed E-state index contributed by atoms with van der Waals surface area (Å²) in [5.74, 6) is 3.87. The minimum Gasteiger partial charge on any atom is -0.385 e. The summed E-state index contributed by atoms with van der Waals surface area (Å²) in [7, 11) is -0.564. The predicted octanol–water partition coefficient (Wildman–Crippen LogP) is 3.28. The summed E-state index contributed by atoms with van der Waals surface area (Å²) >= 11 is 0. The Morgan fingerprint density at radius 3 is 2.51 bits per heavy atom. The summed E-state index contributed by atoms with van der Waals surface area (Å²) in [4.78, 5) is 21.5. The Balaban J connectivity index is 1.52. The van der Waals surface area contributed by atoms with Gasteiger partial charge in [0.2, 0.25) is 0 Å². The van der Waals surface area contributed by atoms with E-state index in [1.54, 1.807) is 6.92 Å². The number of benzene rings is 1. The number of pyridine rings is 1. The largest absolute Gasteiger partial charge is 0.385 e. The van der Waals surface area contributed by atoms with Crippen molar-refractivity contribution < 1.29 is 22.5 Å². The van der Waals surface area contributed by atoms with Crippen LogP contribution in [0.2, 0.25) is 0 Å². The van der Waals surface area contributed by atoms with Crippen LogP contribution in [0.4, 0.5) is 19.0 Å². The van der Waals surface area contributed by atoms with Crippen LogP contribution >= 0.6 is 0 Å². The number of fused-ring (bicyclic) bond motifs is 1. The zero-order valence-corrected chi connectivity index (χ0v) is 20.0. The summed E-state index contributed by atoms with van der Waals surface area (Å²) in [6, 6.07) is 4.62. The highest BCUT2D eigenvalue weighted by Crippen LogP contribution is 2.59. The molecular weight excluding hydrogens is 481 g/mol. The second kappa shape index (κ2) is 7.79. The van der Waals surface area contributed by atoms with Gasteiger partial charge in [-0.1, -0.05) is 18.2 Å². The summed E-state index contributed by atoms with van der Waals surface area (Å²) in [6.07, 6.45) is -1.08. The first kappa shape index (κ1) is 23.8. The first-order chi connectivity index (χ1) is 16.3. The molecule has 186 valence electrons. The van der Waals surface area contributed by atoms with Gasteiger partial charge in [0, 0.05) is 29.7 Å². The average molecular weight is 507 g/mol. The normalized spacial score (nSPS) is 28.7. The highest BCUT2D eigenvalue weighted by Gasteiger charge is 2.61. The molecule has 2 fully saturated rings. The molecule has 3 heterocycles. The number of rotatable bonds is 5. The number of nitrogens with zero attached hydrogens (tertiary/aromatic N) is 3. The predicted molar refractivity (Wildman–Crippen MR) is 129 cm³/mol. The number of hydrogen-bond donors (Lipinski definition) is 2. The maximum atomic E-state index is 14.7. The maximum Gasteiger partial charge on any atom is 0.266 e. The van der Waals surface area contributed by atoms with Gasteiger partial charge in [0.15, 0.2) is 0 Å². The Morgan fingerprint density at radius 2 is 1.89 bits per heavy atom. The van der Waals surface area contributed by atoms with Crippen LogP contribution in [0.5, 0.6) is 0 Å². The number of nitrogens with one attached hydrogen (secondary N) is 1. The zero-order chi connectivity index (χ0) is 25.3. The van der Waals surface area contributed by atoms with Gasteiger partial charge in [0.25, 0.3) is 12.0 Å². The molecule has 1 saturated carbocycles. The Hall–Kier alpha value is -2.92. The van der Waals surface area contributed by atoms with Crippen LogP contribution in [0.3, 0.4) is 0 Å². The lowest BCUT2D eigenvalue weighted by atomic mass is 9.58. The molecule has 1 atom stereocenters. The van der Waals surface area contributed by atoms with Gasteiger partial charge in [0.1, 0.15) is 23.6 Å². The van der Waals surface area contributed by atoms with E-state index < -0.39 is 44.5 Å². The number of aryl methyl sites for hydroxylation is 1. The number of aromatic nitrogens is 3. The Kier molecular flexibility index (Phi) is 5.30. The van der Waals surface area contributed by atoms with Crippen LogP contribution in [0.25, 0.3) is 11.0 Å². The van der Waals surface area contributed by atoms with Gasteiger partial charge in [-0.15, -0.1) is 0 Å². The van der Waals surface area contributed by atoms with Crippen LogP contribution in [0, 0.1) is 11.2 Å². The van der Waals surface area contributed by atoms with Crippen molar-refractivity contribution in [3.63, 3.8) is 0 Å². The quantitative estimate of drug-likeness (QED) is 0.516. The van der Waals surface area contributed by atoms with Crippen molar-refractivity contribution in [2.45, 2.75) is 37.8 Å². The van der Waals surface area contributed by atoms with Gasteiger partial charge in [-0.3, -0.25) is 13.6 Å². The molecule has 0 bridgehead atoms. The highest BCUT2D eigenvalue weighted by molar-refractivity contribution is 8.01. The molecule has 2 aliphatic rings. The van der Waals surface area contributed by atoms with E-state index >= 15 is 0 Å². The molecule has 7 nitrogen and oxygen atoms in total. The first-order valence-electron chi connectivity index (χ1n) is 11.1. The van der Waals surface area contributed by atoms with Crippen molar-refractivity contribution in [3.05, 3.63) is 63.5 Å². The standard InChI is InChI=1S/C24H25F3N4O3S/c1-13(14-5-4-6-15(18(14)25)19(26)27)30-20-16-7-17(22(32)31(2)21(16)29-12-28-20)24(33)8-23(9-24)10-35(3,34)11-23/h4-7,12-13,19,33H,3,8-11H2,1-2H3,(H,28,29,30)/t13-,23?,24?,35?/m1/s1. The van der Waals surface area contributed by atoms with E-state index in [1.807, 2.05) is 0 Å². The lowest BCUT2D eigenvalue weighted by molar-refractivity contribution is -0.122. The van der Waals surface area contributed by atoms with Crippen LogP contribution in [0.1, 0.15) is 48.9 Å². The second-order valence-corrected chi connectivity index (χ2v) is 12.4. The van der Waals surface area contributed by atoms with Crippen molar-refractivity contribution in [3.8, 4) is 0 Å². The van der Waals surface area contributed by atoms with Gasteiger partial charge in [-0.05, 0) is 46.6 Å². The Morgan fingerprint density at radius 1 is 1.23 bits per heavy atom. The number of aliphatic hydroxyl groups is 1. The summed E-state index contributed by atoms with van der Waals surface area (Å²) in [5.41, 5.74) is -2.21. The number of anilines is 1. The molecule has 0 unspecified atom stereocenters. The van der Waals surface area contributed by atoms with Crippen molar-refractivity contribution in [2.24, 2.45) is 12.5 Å². The van der Waals surface area contributed by atoms with E-state index in [4.69, 9.17) is 0 Å². The fourth-order valence-corrected chi connectivity index (χ4v) is 8.29. The summed E-state index contributed by atoms with van der Waals surface area (Å²) < 4.78 is 54.4. The van der Waals surface area contributed by atoms with Crippen LogP contribution in [0.15, 0.2) is 35.4 Å². The minimum atomic E-state index is -2.95. The Labute approximate surface area is 200 Å². The molecule has 1 aliphatic heterocycles. The fourth-order valence-electron chi connectivity index (χ4n) is 5.73. The molecule has 1 aliphatic carbocycles. The van der Waals surface area contributed by atoms with E-state index in [1.165, 1.54) is 36.1 Å². The maximum absolute atomic E-state index is 14.7. The smallest absolute Gasteiger partial charge is 0.266 e. The molecule has 1 saturated heterocycles. The van der Waals surface area contributed by atoms with Gasteiger partial charge >= 0.3 is 0 Å². The van der Waals surface area contributed by atoms with E-state index in [0.717, 1.165) is 6.07 Å². The minimum absolute atomic E-state index is 0.0425. The average Bonchev–Trinajstić information content (AvgIpc) is 2.73. The van der Waals surface area contributed by atoms with Gasteiger partial charge in [0.05, 0.1) is 22.6 Å². The third-order valence-corrected chi connectivity index (χ3v) is 9.37. The third kappa shape index (κ3) is 3.81. The van der Waals surface area contributed by atoms with E-state index in [2.05, 4.69) is 21.2 Å². The molecule has 0 radical (unpaired) electrons. The van der Waals surface area contributed by atoms with Crippen LogP contribution in [-0.4, -0.2) is 41.2 Å². The van der Waals surface area contributed by atoms with E-state index in [-0.39, 0.29) is 22.4 Å². The number of hydrogen-bond acceptors (Lipinski definition) is 6. The van der Waals surface area contributed by atoms with Crippen molar-refractivity contribution in [1.82, 2.24) is 14.5 Å². The fraction of sp³-hybridized carbons (Fsp3) is 0.417. The SMILES string of the molecule is C=S1(=O)CC2(CC(O)(c3cc4c(N[C@H](C)c5cccc(C(F)F)c5F)ncnc4n(C)c3=O)C2)C1. The molecule has 11 heteroatoms. The summed E-state index contributed by atoms with van der Waals surface area (Å²) in [6.45, 7) is 1.61. The molecule has 3 aromatic rings. The zero-order valence-electron chi connectivity index (χ0n) is 19.2. The van der Waals surface area contributed by atoms with Crippen molar-refractivity contribution in [2.75, 3.05) is 16.8 Å². The molecule has 1 spiro atoms. The molecule has 2 aromatic heterocycles. The molecule has 5 rings (SSSR count). The second-order valence-electron chi connectivity index (χ2n) is 9.94. The van der Waals surface area contributed by atoms with E-state index in [9.17, 15) is 27.3 Å². The van der Waals surface area contributed by atoms with E-state index in [0.29, 0.717) is 35.4 Å². The van der Waals surface area contributed by atoms with Gasteiger partial charge < -0.3 is 10.4 Å². The van der Waals surface area contributed by atoms with Crippen molar-refractivity contribution >= 4 is 32.2 Å². The van der Waals surface area contributed by atoms with Gasteiger partial charge in [-0.2, -0.15) is 0 Å². The van der Waals surface area contributed by atoms with Crippen LogP contribution in [-0.2, 0) is 22.2 Å². The molecule has 1 aromatic carbocycles. The van der Waals surface area contributed by atoms with Crippen LogP contribution < -0.4 is 10.9 Å². The molecule has 2 N–H and O–H groups in total. The topological polar surface area (TPSA) is 97.1 Å². The monoisotopic (exact) mass is 506 g/mol. The molecule has 0 amide bonds. The lowest BCUT2D eigenvalue weighted by Gasteiger charge is -2.59.